The Hall–Kier alpha value is -3.88. The molecular weight excluding hydrogens is 468 g/mol. The summed E-state index contributed by atoms with van der Waals surface area (Å²) in [5.41, 5.74) is 3.15. The molecule has 5 rings (SSSR count). The Balaban J connectivity index is 1.18. The van der Waals surface area contributed by atoms with Crippen molar-refractivity contribution in [1.82, 2.24) is 10.2 Å². The maximum absolute atomic E-state index is 14.7. The number of likely N-dealkylation sites (tertiary alicyclic amines) is 1. The number of dihydropyridines is 1. The number of nitrogens with zero attached hydrogens (tertiary/aromatic N) is 1. The lowest BCUT2D eigenvalue weighted by atomic mass is 9.99. The van der Waals surface area contributed by atoms with Gasteiger partial charge in [-0.05, 0) is 30.2 Å². The van der Waals surface area contributed by atoms with Crippen LogP contribution in [0.25, 0.3) is 5.57 Å². The van der Waals surface area contributed by atoms with Crippen molar-refractivity contribution in [2.45, 2.75) is 13.3 Å². The fourth-order valence-electron chi connectivity index (χ4n) is 4.52. The molecule has 36 heavy (non-hydrogen) atoms. The van der Waals surface area contributed by atoms with E-state index < -0.39 is 17.5 Å². The monoisotopic (exact) mass is 495 g/mol. The predicted molar refractivity (Wildman–Crippen MR) is 131 cm³/mol. The van der Waals surface area contributed by atoms with Crippen LogP contribution in [0.5, 0.6) is 11.5 Å². The number of halogens is 2. The molecule has 0 bridgehead atoms. The molecule has 3 aliphatic rings. The third-order valence-corrected chi connectivity index (χ3v) is 6.52. The second-order valence-electron chi connectivity index (χ2n) is 9.07. The van der Waals surface area contributed by atoms with E-state index in [-0.39, 0.29) is 48.5 Å². The molecule has 3 aliphatic heterocycles. The van der Waals surface area contributed by atoms with E-state index in [9.17, 15) is 18.4 Å². The molecular formula is C27H27F2N3O4. The molecule has 3 heterocycles. The van der Waals surface area contributed by atoms with Crippen molar-refractivity contribution >= 4 is 23.0 Å². The molecule has 0 aliphatic carbocycles. The van der Waals surface area contributed by atoms with Crippen LogP contribution in [0.15, 0.2) is 48.2 Å². The van der Waals surface area contributed by atoms with Gasteiger partial charge in [-0.3, -0.25) is 9.59 Å². The summed E-state index contributed by atoms with van der Waals surface area (Å²) < 4.78 is 40.3. The van der Waals surface area contributed by atoms with Gasteiger partial charge in [-0.2, -0.15) is 0 Å². The maximum Gasteiger partial charge on any atom is 0.256 e. The first-order valence-electron chi connectivity index (χ1n) is 12.0. The smallest absolute Gasteiger partial charge is 0.256 e. The molecule has 0 aromatic heterocycles. The predicted octanol–water partition coefficient (Wildman–Crippen LogP) is 3.77. The van der Waals surface area contributed by atoms with E-state index in [0.29, 0.717) is 18.8 Å². The molecule has 0 saturated carbocycles. The minimum atomic E-state index is -0.707. The molecule has 7 nitrogen and oxygen atoms in total. The van der Waals surface area contributed by atoms with E-state index in [4.69, 9.17) is 9.47 Å². The van der Waals surface area contributed by atoms with Crippen LogP contribution < -0.4 is 20.1 Å². The second kappa shape index (κ2) is 10.0. The van der Waals surface area contributed by atoms with Crippen LogP contribution in [-0.2, 0) is 4.79 Å². The van der Waals surface area contributed by atoms with Gasteiger partial charge < -0.3 is 25.0 Å². The fourth-order valence-corrected chi connectivity index (χ4v) is 4.52. The Kier molecular flexibility index (Phi) is 6.63. The largest absolute Gasteiger partial charge is 0.490 e. The molecule has 188 valence electrons. The lowest BCUT2D eigenvalue weighted by Crippen LogP contribution is -2.52. The second-order valence-corrected chi connectivity index (χ2v) is 9.07. The van der Waals surface area contributed by atoms with Gasteiger partial charge in [-0.1, -0.05) is 25.1 Å². The van der Waals surface area contributed by atoms with Crippen LogP contribution in [0.3, 0.4) is 0 Å². The summed E-state index contributed by atoms with van der Waals surface area (Å²) >= 11 is 0. The van der Waals surface area contributed by atoms with Crippen LogP contribution in [0.4, 0.5) is 14.5 Å². The highest BCUT2D eigenvalue weighted by Crippen LogP contribution is 2.32. The number of fused-ring (bicyclic) bond motifs is 1. The lowest BCUT2D eigenvalue weighted by Gasteiger charge is -2.39. The van der Waals surface area contributed by atoms with E-state index in [1.54, 1.807) is 6.07 Å². The third-order valence-electron chi connectivity index (χ3n) is 6.52. The first-order chi connectivity index (χ1) is 17.4. The molecule has 2 N–H and O–H groups in total. The van der Waals surface area contributed by atoms with Crippen molar-refractivity contribution in [3.05, 3.63) is 70.9 Å². The average Bonchev–Trinajstić information content (AvgIpc) is 3.04. The summed E-state index contributed by atoms with van der Waals surface area (Å²) in [6, 6.07) is 7.44. The number of amides is 1. The number of ether oxygens (including phenoxy) is 2. The Morgan fingerprint density at radius 2 is 2.00 bits per heavy atom. The molecule has 2 aromatic carbocycles. The van der Waals surface area contributed by atoms with Gasteiger partial charge in [-0.15, -0.1) is 0 Å². The minimum Gasteiger partial charge on any atom is -0.490 e. The van der Waals surface area contributed by atoms with Gasteiger partial charge in [0.1, 0.15) is 18.2 Å². The van der Waals surface area contributed by atoms with Crippen LogP contribution in [0.2, 0.25) is 0 Å². The standard InChI is InChI=1S/C27H27F2N3O4/c1-2-23-19(4-3-7-30-23)17-5-6-25(22(29)8-17)35-14-16-12-32(13-16)27(34)20-9-24-26(10-21(20)28)36-15-18(33)11-31-24/h3-6,8-10,16,30-31H,2,7,11-15H2,1H3. The topological polar surface area (TPSA) is 79.9 Å². The summed E-state index contributed by atoms with van der Waals surface area (Å²) in [7, 11) is 0. The number of benzene rings is 2. The van der Waals surface area contributed by atoms with Gasteiger partial charge >= 0.3 is 0 Å². The number of carbonyl (C=O) groups excluding carboxylic acids is 2. The quantitative estimate of drug-likeness (QED) is 0.635. The van der Waals surface area contributed by atoms with E-state index in [1.165, 1.54) is 17.0 Å². The summed E-state index contributed by atoms with van der Waals surface area (Å²) in [6.45, 7) is 3.73. The third kappa shape index (κ3) is 4.78. The lowest BCUT2D eigenvalue weighted by molar-refractivity contribution is -0.119. The van der Waals surface area contributed by atoms with Crippen LogP contribution in [0, 0.1) is 17.6 Å². The molecule has 2 aromatic rings. The maximum atomic E-state index is 14.7. The van der Waals surface area contributed by atoms with E-state index >= 15 is 0 Å². The van der Waals surface area contributed by atoms with E-state index in [1.807, 2.05) is 18.2 Å². The number of Topliss-reactive ketones (excluding diaryl/α,β-unsaturated/α-hetero) is 1. The van der Waals surface area contributed by atoms with Crippen molar-refractivity contribution in [3.8, 4) is 11.5 Å². The van der Waals surface area contributed by atoms with Crippen molar-refractivity contribution in [2.24, 2.45) is 5.92 Å². The van der Waals surface area contributed by atoms with E-state index in [2.05, 4.69) is 17.6 Å². The van der Waals surface area contributed by atoms with Gasteiger partial charge in [0.2, 0.25) is 0 Å². The van der Waals surface area contributed by atoms with Crippen LogP contribution in [0.1, 0.15) is 29.3 Å². The Morgan fingerprint density at radius 1 is 1.17 bits per heavy atom. The Morgan fingerprint density at radius 3 is 2.78 bits per heavy atom. The molecule has 0 unspecified atom stereocenters. The van der Waals surface area contributed by atoms with Gasteiger partial charge in [-0.25, -0.2) is 8.78 Å². The van der Waals surface area contributed by atoms with Crippen LogP contribution >= 0.6 is 0 Å². The van der Waals surface area contributed by atoms with Crippen molar-refractivity contribution in [2.75, 3.05) is 44.7 Å². The number of rotatable bonds is 6. The number of hydrogen-bond donors (Lipinski definition) is 2. The van der Waals surface area contributed by atoms with Gasteiger partial charge in [0.15, 0.2) is 17.3 Å². The van der Waals surface area contributed by atoms with Gasteiger partial charge in [0.05, 0.1) is 24.4 Å². The molecule has 0 radical (unpaired) electrons. The summed E-state index contributed by atoms with van der Waals surface area (Å²) in [5.74, 6) is -1.39. The average molecular weight is 496 g/mol. The normalized spacial score (nSPS) is 17.4. The van der Waals surface area contributed by atoms with E-state index in [0.717, 1.165) is 35.9 Å². The Bertz CT molecular complexity index is 1270. The Labute approximate surface area is 207 Å². The highest BCUT2D eigenvalue weighted by molar-refractivity contribution is 5.97. The number of anilines is 1. The summed E-state index contributed by atoms with van der Waals surface area (Å²) in [4.78, 5) is 25.9. The number of nitrogens with one attached hydrogen (secondary N) is 2. The van der Waals surface area contributed by atoms with Gasteiger partial charge in [0, 0.05) is 42.9 Å². The zero-order valence-corrected chi connectivity index (χ0v) is 19.9. The number of allylic oxidation sites excluding steroid dienone is 3. The molecule has 1 saturated heterocycles. The number of hydrogen-bond acceptors (Lipinski definition) is 6. The molecule has 1 fully saturated rings. The highest BCUT2D eigenvalue weighted by Gasteiger charge is 2.34. The summed E-state index contributed by atoms with van der Waals surface area (Å²) in [5, 5.41) is 6.19. The van der Waals surface area contributed by atoms with Crippen molar-refractivity contribution in [3.63, 3.8) is 0 Å². The first kappa shape index (κ1) is 23.8. The molecule has 0 atom stereocenters. The number of carbonyl (C=O) groups is 2. The zero-order chi connectivity index (χ0) is 25.2. The zero-order valence-electron chi connectivity index (χ0n) is 19.9. The van der Waals surface area contributed by atoms with Gasteiger partial charge in [0.25, 0.3) is 5.91 Å². The molecule has 0 spiro atoms. The summed E-state index contributed by atoms with van der Waals surface area (Å²) in [6.07, 6.45) is 4.83. The minimum absolute atomic E-state index is 0.0101. The fraction of sp³-hybridized carbons (Fsp3) is 0.333. The highest BCUT2D eigenvalue weighted by atomic mass is 19.1. The SMILES string of the molecule is CCC1=C(c2ccc(OCC3CN(C(=O)c4cc5c(cc4F)OCC(=O)CN5)C3)c(F)c2)C=CCN1. The molecule has 1 amide bonds. The van der Waals surface area contributed by atoms with Crippen molar-refractivity contribution < 1.29 is 27.8 Å². The van der Waals surface area contributed by atoms with Crippen LogP contribution in [-0.4, -0.2) is 56.0 Å². The number of ketones is 1. The molecule has 9 heteroatoms. The first-order valence-corrected chi connectivity index (χ1v) is 12.0. The van der Waals surface area contributed by atoms with Crippen molar-refractivity contribution in [1.29, 1.82) is 0 Å².